The molecule has 1 saturated heterocycles. The van der Waals surface area contributed by atoms with Crippen molar-refractivity contribution in [1.29, 1.82) is 0 Å². The van der Waals surface area contributed by atoms with Gasteiger partial charge in [0.15, 0.2) is 0 Å². The van der Waals surface area contributed by atoms with Crippen LogP contribution in [-0.2, 0) is 11.2 Å². The van der Waals surface area contributed by atoms with Gasteiger partial charge in [0.25, 0.3) is 0 Å². The first-order valence-corrected chi connectivity index (χ1v) is 10.5. The number of nitrogens with one attached hydrogen (secondary N) is 2. The average molecular weight is 437 g/mol. The van der Waals surface area contributed by atoms with Crippen LogP contribution in [0.3, 0.4) is 0 Å². The minimum Gasteiger partial charge on any atom is -1.00 e. The summed E-state index contributed by atoms with van der Waals surface area (Å²) >= 11 is 5.10. The number of aromatic amines is 1. The first-order chi connectivity index (χ1) is 13.8. The molecule has 0 unspecified atom stereocenters. The van der Waals surface area contributed by atoms with Crippen LogP contribution in [0.2, 0.25) is 0 Å². The Morgan fingerprint density at radius 2 is 2.03 bits per heavy atom. The SMILES string of the molecule is CC(C)(C)OC(=O)N[C@@H]1c2ccccc2CC12CCN(c1c[nH]c(=S)cn1)CC2.[H-].[Na+]. The Morgan fingerprint density at radius 3 is 2.67 bits per heavy atom. The fourth-order valence-corrected chi connectivity index (χ4v) is 4.71. The normalized spacial score (nSPS) is 19.7. The number of alkyl carbamates (subject to hydrolysis) is 1. The van der Waals surface area contributed by atoms with E-state index in [1.165, 1.54) is 11.1 Å². The van der Waals surface area contributed by atoms with Crippen molar-refractivity contribution in [1.82, 2.24) is 15.3 Å². The van der Waals surface area contributed by atoms with Gasteiger partial charge in [-0.15, -0.1) is 0 Å². The number of fused-ring (bicyclic) bond motifs is 1. The van der Waals surface area contributed by atoms with E-state index in [0.717, 1.165) is 38.2 Å². The second kappa shape index (κ2) is 8.99. The van der Waals surface area contributed by atoms with Gasteiger partial charge in [-0.25, -0.2) is 9.78 Å². The Hall–Kier alpha value is -1.41. The van der Waals surface area contributed by atoms with Crippen molar-refractivity contribution in [3.8, 4) is 0 Å². The number of ether oxygens (including phenoxy) is 1. The molecule has 1 spiro atoms. The monoisotopic (exact) mass is 436 g/mol. The third kappa shape index (κ3) is 4.90. The Labute approximate surface area is 206 Å². The van der Waals surface area contributed by atoms with E-state index in [1.807, 2.05) is 33.0 Å². The maximum absolute atomic E-state index is 12.6. The van der Waals surface area contributed by atoms with Gasteiger partial charge in [-0.1, -0.05) is 36.5 Å². The molecule has 1 aliphatic heterocycles. The van der Waals surface area contributed by atoms with Gasteiger partial charge in [0, 0.05) is 24.7 Å². The van der Waals surface area contributed by atoms with Crippen molar-refractivity contribution in [3.05, 3.63) is 52.4 Å². The van der Waals surface area contributed by atoms with Gasteiger partial charge in [-0.2, -0.15) is 0 Å². The van der Waals surface area contributed by atoms with Gasteiger partial charge >= 0.3 is 35.7 Å². The van der Waals surface area contributed by atoms with E-state index in [2.05, 4.69) is 38.4 Å². The fraction of sp³-hybridized carbons (Fsp3) is 0.500. The van der Waals surface area contributed by atoms with Crippen molar-refractivity contribution in [2.24, 2.45) is 5.41 Å². The molecule has 0 saturated carbocycles. The number of aromatic nitrogens is 2. The number of anilines is 1. The summed E-state index contributed by atoms with van der Waals surface area (Å²) in [5.41, 5.74) is 2.02. The minimum atomic E-state index is -0.516. The van der Waals surface area contributed by atoms with Crippen molar-refractivity contribution in [2.75, 3.05) is 18.0 Å². The number of H-pyrrole nitrogens is 1. The van der Waals surface area contributed by atoms with Gasteiger partial charge in [0.05, 0.1) is 12.2 Å². The molecule has 1 aromatic heterocycles. The molecule has 0 bridgehead atoms. The Bertz CT molecular complexity index is 950. The number of hydrogen-bond acceptors (Lipinski definition) is 5. The molecular formula is C22H29N4NaO2S. The minimum absolute atomic E-state index is 0. The van der Waals surface area contributed by atoms with Crippen molar-refractivity contribution < 1.29 is 40.5 Å². The Kier molecular flexibility index (Phi) is 6.97. The molecule has 1 fully saturated rings. The molecule has 2 heterocycles. The number of amides is 1. The van der Waals surface area contributed by atoms with Crippen LogP contribution in [0.25, 0.3) is 0 Å². The summed E-state index contributed by atoms with van der Waals surface area (Å²) < 4.78 is 6.20. The maximum atomic E-state index is 12.6. The number of carbonyl (C=O) groups excluding carboxylic acids is 1. The molecule has 1 aliphatic carbocycles. The van der Waals surface area contributed by atoms with E-state index in [4.69, 9.17) is 17.0 Å². The molecule has 0 radical (unpaired) electrons. The van der Waals surface area contributed by atoms with Crippen molar-refractivity contribution in [3.63, 3.8) is 0 Å². The third-order valence-electron chi connectivity index (χ3n) is 5.92. The van der Waals surface area contributed by atoms with E-state index in [9.17, 15) is 4.79 Å². The molecule has 1 aromatic carbocycles. The van der Waals surface area contributed by atoms with Crippen LogP contribution in [0.15, 0.2) is 36.7 Å². The zero-order valence-corrected chi connectivity index (χ0v) is 21.0. The number of piperidine rings is 1. The summed E-state index contributed by atoms with van der Waals surface area (Å²) in [5.74, 6) is 0.917. The summed E-state index contributed by atoms with van der Waals surface area (Å²) in [6.45, 7) is 7.45. The Morgan fingerprint density at radius 1 is 1.33 bits per heavy atom. The zero-order valence-electron chi connectivity index (χ0n) is 19.2. The molecule has 6 nitrogen and oxygen atoms in total. The number of hydrogen-bond donors (Lipinski definition) is 2. The summed E-state index contributed by atoms with van der Waals surface area (Å²) in [5, 5.41) is 3.20. The number of carbonyl (C=O) groups is 1. The van der Waals surface area contributed by atoms with Gasteiger partial charge in [-0.05, 0) is 51.2 Å². The number of rotatable bonds is 2. The average Bonchev–Trinajstić information content (AvgIpc) is 2.95. The van der Waals surface area contributed by atoms with E-state index < -0.39 is 5.60 Å². The molecule has 30 heavy (non-hydrogen) atoms. The van der Waals surface area contributed by atoms with Gasteiger partial charge in [0.2, 0.25) is 0 Å². The van der Waals surface area contributed by atoms with Crippen LogP contribution in [0.4, 0.5) is 10.6 Å². The Balaban J connectivity index is 0.00000171. The quantitative estimate of drug-likeness (QED) is 0.554. The molecule has 156 valence electrons. The molecule has 2 aromatic rings. The number of nitrogens with zero attached hydrogens (tertiary/aromatic N) is 2. The van der Waals surface area contributed by atoms with Crippen LogP contribution in [-0.4, -0.2) is 34.8 Å². The topological polar surface area (TPSA) is 70.2 Å². The number of benzene rings is 1. The van der Waals surface area contributed by atoms with Crippen LogP contribution < -0.4 is 39.8 Å². The predicted octanol–water partition coefficient (Wildman–Crippen LogP) is 1.66. The van der Waals surface area contributed by atoms with E-state index in [0.29, 0.717) is 4.64 Å². The molecule has 2 N–H and O–H groups in total. The summed E-state index contributed by atoms with van der Waals surface area (Å²) in [4.78, 5) is 22.4. The van der Waals surface area contributed by atoms with Crippen LogP contribution >= 0.6 is 12.2 Å². The largest absolute Gasteiger partial charge is 1.00 e. The van der Waals surface area contributed by atoms with Gasteiger partial charge in [-0.3, -0.25) is 0 Å². The molecule has 8 heteroatoms. The van der Waals surface area contributed by atoms with Gasteiger partial charge < -0.3 is 21.4 Å². The van der Waals surface area contributed by atoms with Crippen molar-refractivity contribution >= 4 is 24.1 Å². The zero-order chi connectivity index (χ0) is 20.6. The second-order valence-corrected chi connectivity index (χ2v) is 9.51. The summed E-state index contributed by atoms with van der Waals surface area (Å²) in [6, 6.07) is 8.40. The first-order valence-electron chi connectivity index (χ1n) is 10.1. The smallest absolute Gasteiger partial charge is 1.00 e. The van der Waals surface area contributed by atoms with Crippen LogP contribution in [0.1, 0.15) is 52.2 Å². The molecule has 1 amide bonds. The molecular weight excluding hydrogens is 407 g/mol. The fourth-order valence-electron chi connectivity index (χ4n) is 4.60. The predicted molar refractivity (Wildman–Crippen MR) is 117 cm³/mol. The van der Waals surface area contributed by atoms with Crippen LogP contribution in [0.5, 0.6) is 0 Å². The second-order valence-electron chi connectivity index (χ2n) is 9.07. The molecule has 4 rings (SSSR count). The standard InChI is InChI=1S/C22H28N4O2S.Na.H/c1-21(2,3)28-20(27)25-19-16-7-5-4-6-15(16)12-22(19)8-10-26(11-9-22)17-13-24-18(29)14-23-17;;/h4-7,13-14,19H,8-12H2,1-3H3,(H,24,29)(H,25,27);;/q;+1;-1/t19-;;/m1../s1. The van der Waals surface area contributed by atoms with Crippen LogP contribution in [0, 0.1) is 10.1 Å². The molecule has 1 atom stereocenters. The maximum Gasteiger partial charge on any atom is 1.00 e. The van der Waals surface area contributed by atoms with Crippen molar-refractivity contribution in [2.45, 2.75) is 51.7 Å². The molecule has 2 aliphatic rings. The third-order valence-corrected chi connectivity index (χ3v) is 6.15. The van der Waals surface area contributed by atoms with Gasteiger partial charge in [0.1, 0.15) is 16.1 Å². The van der Waals surface area contributed by atoms with E-state index in [1.54, 1.807) is 6.20 Å². The van der Waals surface area contributed by atoms with E-state index >= 15 is 0 Å². The van der Waals surface area contributed by atoms with E-state index in [-0.39, 0.29) is 48.5 Å². The summed E-state index contributed by atoms with van der Waals surface area (Å²) in [6.07, 6.45) is 6.13. The first kappa shape index (κ1) is 23.3. The summed E-state index contributed by atoms with van der Waals surface area (Å²) in [7, 11) is 0.